The van der Waals surface area contributed by atoms with Crippen molar-refractivity contribution in [1.82, 2.24) is 10.3 Å². The van der Waals surface area contributed by atoms with Gasteiger partial charge in [-0.1, -0.05) is 24.3 Å². The number of aromatic nitrogens is 1. The van der Waals surface area contributed by atoms with Crippen molar-refractivity contribution in [2.75, 3.05) is 13.2 Å². The van der Waals surface area contributed by atoms with Crippen LogP contribution in [0.1, 0.15) is 21.5 Å². The predicted octanol–water partition coefficient (Wildman–Crippen LogP) is 4.22. The number of pyridine rings is 1. The number of para-hydroxylation sites is 1. The van der Waals surface area contributed by atoms with Crippen LogP contribution in [0.25, 0.3) is 0 Å². The Morgan fingerprint density at radius 3 is 2.70 bits per heavy atom. The van der Waals surface area contributed by atoms with Gasteiger partial charge in [0.1, 0.15) is 18.2 Å². The molecule has 0 aliphatic carbocycles. The van der Waals surface area contributed by atoms with E-state index < -0.39 is 0 Å². The van der Waals surface area contributed by atoms with Crippen molar-refractivity contribution in [1.29, 1.82) is 0 Å². The van der Waals surface area contributed by atoms with Crippen molar-refractivity contribution in [3.63, 3.8) is 0 Å². The van der Waals surface area contributed by atoms with Gasteiger partial charge in [-0.3, -0.25) is 9.78 Å². The predicted molar refractivity (Wildman–Crippen MR) is 110 cm³/mol. The second kappa shape index (κ2) is 9.45. The summed E-state index contributed by atoms with van der Waals surface area (Å²) >= 11 is 2.07. The third-order valence-electron chi connectivity index (χ3n) is 3.94. The Morgan fingerprint density at radius 1 is 1.11 bits per heavy atom. The van der Waals surface area contributed by atoms with Crippen LogP contribution in [0.15, 0.2) is 67.0 Å². The van der Waals surface area contributed by atoms with E-state index in [1.165, 1.54) is 6.07 Å². The molecule has 0 fully saturated rings. The second-order valence-corrected chi connectivity index (χ2v) is 7.11. The van der Waals surface area contributed by atoms with Gasteiger partial charge < -0.3 is 10.1 Å². The molecule has 27 heavy (non-hydrogen) atoms. The molecule has 0 atom stereocenters. The van der Waals surface area contributed by atoms with Gasteiger partial charge in [-0.15, -0.1) is 0 Å². The van der Waals surface area contributed by atoms with Gasteiger partial charge in [0.2, 0.25) is 0 Å². The molecule has 4 nitrogen and oxygen atoms in total. The first-order valence-electron chi connectivity index (χ1n) is 8.46. The number of hydrogen-bond acceptors (Lipinski definition) is 3. The lowest BCUT2D eigenvalue weighted by atomic mass is 10.0. The molecular weight excluding hydrogens is 458 g/mol. The van der Waals surface area contributed by atoms with Crippen LogP contribution in [-0.4, -0.2) is 24.0 Å². The molecule has 0 radical (unpaired) electrons. The minimum atomic E-state index is -0.284. The van der Waals surface area contributed by atoms with Crippen molar-refractivity contribution >= 4 is 28.5 Å². The van der Waals surface area contributed by atoms with Crippen LogP contribution in [0.4, 0.5) is 4.39 Å². The minimum absolute atomic E-state index is 0.227. The first kappa shape index (κ1) is 19.3. The highest BCUT2D eigenvalue weighted by atomic mass is 127. The average Bonchev–Trinajstić information content (AvgIpc) is 2.68. The van der Waals surface area contributed by atoms with Crippen LogP contribution in [0, 0.1) is 9.39 Å². The summed E-state index contributed by atoms with van der Waals surface area (Å²) in [7, 11) is 0. The summed E-state index contributed by atoms with van der Waals surface area (Å²) in [5, 5.41) is 2.83. The molecule has 0 aliphatic heterocycles. The quantitative estimate of drug-likeness (QED) is 0.411. The molecule has 1 N–H and O–H groups in total. The Labute approximate surface area is 170 Å². The van der Waals surface area contributed by atoms with Gasteiger partial charge in [-0.25, -0.2) is 4.39 Å². The second-order valence-electron chi connectivity index (χ2n) is 5.86. The number of hydrogen-bond donors (Lipinski definition) is 1. The zero-order chi connectivity index (χ0) is 19.1. The molecule has 0 saturated carbocycles. The van der Waals surface area contributed by atoms with E-state index in [0.29, 0.717) is 36.3 Å². The molecule has 138 valence electrons. The third kappa shape index (κ3) is 5.50. The minimum Gasteiger partial charge on any atom is -0.492 e. The van der Waals surface area contributed by atoms with E-state index in [2.05, 4.69) is 32.9 Å². The molecule has 3 aromatic rings. The molecule has 1 amide bonds. The molecular formula is C21H18FIN2O2. The van der Waals surface area contributed by atoms with E-state index >= 15 is 0 Å². The van der Waals surface area contributed by atoms with Crippen LogP contribution < -0.4 is 10.1 Å². The maximum absolute atomic E-state index is 14.1. The number of carbonyl (C=O) groups excluding carboxylic acids is 1. The number of amides is 1. The third-order valence-corrected chi connectivity index (χ3v) is 4.61. The molecule has 0 aliphatic rings. The van der Waals surface area contributed by atoms with Gasteiger partial charge in [-0.05, 0) is 64.0 Å². The van der Waals surface area contributed by atoms with Crippen molar-refractivity contribution in [2.45, 2.75) is 6.42 Å². The van der Waals surface area contributed by atoms with E-state index in [4.69, 9.17) is 4.74 Å². The van der Waals surface area contributed by atoms with Crippen molar-refractivity contribution in [2.24, 2.45) is 0 Å². The Balaban J connectivity index is 1.61. The molecule has 0 bridgehead atoms. The fraction of sp³-hybridized carbons (Fsp3) is 0.143. The molecule has 1 aromatic heterocycles. The number of benzene rings is 2. The largest absolute Gasteiger partial charge is 0.492 e. The SMILES string of the molecule is O=C(NCCOc1ccccc1)c1ccncc1Cc1ccc(I)cc1F. The first-order valence-corrected chi connectivity index (χ1v) is 9.54. The highest BCUT2D eigenvalue weighted by Gasteiger charge is 2.13. The summed E-state index contributed by atoms with van der Waals surface area (Å²) in [6.07, 6.45) is 3.47. The topological polar surface area (TPSA) is 51.2 Å². The summed E-state index contributed by atoms with van der Waals surface area (Å²) in [6, 6.07) is 16.1. The molecule has 0 spiro atoms. The zero-order valence-electron chi connectivity index (χ0n) is 14.5. The number of nitrogens with one attached hydrogen (secondary N) is 1. The normalized spacial score (nSPS) is 10.4. The fourth-order valence-electron chi connectivity index (χ4n) is 2.61. The molecule has 2 aromatic carbocycles. The summed E-state index contributed by atoms with van der Waals surface area (Å²) in [5.74, 6) is 0.244. The van der Waals surface area contributed by atoms with Crippen LogP contribution in [-0.2, 0) is 6.42 Å². The Kier molecular flexibility index (Phi) is 6.75. The smallest absolute Gasteiger partial charge is 0.251 e. The maximum atomic E-state index is 14.1. The monoisotopic (exact) mass is 476 g/mol. The van der Waals surface area contributed by atoms with Crippen molar-refractivity contribution in [3.05, 3.63) is 93.1 Å². The average molecular weight is 476 g/mol. The first-order chi connectivity index (χ1) is 13.1. The van der Waals surface area contributed by atoms with E-state index in [0.717, 1.165) is 9.32 Å². The van der Waals surface area contributed by atoms with Crippen molar-refractivity contribution in [3.8, 4) is 5.75 Å². The number of rotatable bonds is 7. The van der Waals surface area contributed by atoms with Gasteiger partial charge in [-0.2, -0.15) is 0 Å². The van der Waals surface area contributed by atoms with Gasteiger partial charge in [0, 0.05) is 27.9 Å². The number of nitrogens with zero attached hydrogens (tertiary/aromatic N) is 1. The number of ether oxygens (including phenoxy) is 1. The standard InChI is InChI=1S/C21H18FIN2O2/c22-20-13-17(23)7-6-15(20)12-16-14-24-9-8-19(16)21(26)25-10-11-27-18-4-2-1-3-5-18/h1-9,13-14H,10-12H2,(H,25,26). The summed E-state index contributed by atoms with van der Waals surface area (Å²) in [6.45, 7) is 0.731. The molecule has 0 saturated heterocycles. The fourth-order valence-corrected chi connectivity index (χ4v) is 3.06. The van der Waals surface area contributed by atoms with Crippen LogP contribution >= 0.6 is 22.6 Å². The molecule has 6 heteroatoms. The highest BCUT2D eigenvalue weighted by Crippen LogP contribution is 2.18. The summed E-state index contributed by atoms with van der Waals surface area (Å²) in [5.41, 5.74) is 1.70. The lowest BCUT2D eigenvalue weighted by Gasteiger charge is -2.11. The van der Waals surface area contributed by atoms with Crippen LogP contribution in [0.5, 0.6) is 5.75 Å². The number of halogens is 2. The van der Waals surface area contributed by atoms with E-state index in [9.17, 15) is 9.18 Å². The van der Waals surface area contributed by atoms with Crippen LogP contribution in [0.3, 0.4) is 0 Å². The molecule has 1 heterocycles. The maximum Gasteiger partial charge on any atom is 0.251 e. The van der Waals surface area contributed by atoms with E-state index in [1.807, 2.05) is 36.4 Å². The molecule has 3 rings (SSSR count). The Morgan fingerprint density at radius 2 is 1.93 bits per heavy atom. The van der Waals surface area contributed by atoms with Crippen LogP contribution in [0.2, 0.25) is 0 Å². The van der Waals surface area contributed by atoms with Gasteiger partial charge in [0.15, 0.2) is 0 Å². The Bertz CT molecular complexity index is 919. The lowest BCUT2D eigenvalue weighted by Crippen LogP contribution is -2.29. The highest BCUT2D eigenvalue weighted by molar-refractivity contribution is 14.1. The zero-order valence-corrected chi connectivity index (χ0v) is 16.6. The van der Waals surface area contributed by atoms with E-state index in [-0.39, 0.29) is 11.7 Å². The van der Waals surface area contributed by atoms with Gasteiger partial charge >= 0.3 is 0 Å². The summed E-state index contributed by atoms with van der Waals surface area (Å²) in [4.78, 5) is 16.6. The number of carbonyl (C=O) groups is 1. The Hall–Kier alpha value is -2.48. The summed E-state index contributed by atoms with van der Waals surface area (Å²) < 4.78 is 20.5. The van der Waals surface area contributed by atoms with E-state index in [1.54, 1.807) is 24.5 Å². The van der Waals surface area contributed by atoms with Gasteiger partial charge in [0.25, 0.3) is 5.91 Å². The van der Waals surface area contributed by atoms with Crippen molar-refractivity contribution < 1.29 is 13.9 Å². The van der Waals surface area contributed by atoms with Gasteiger partial charge in [0.05, 0.1) is 6.54 Å². The molecule has 0 unspecified atom stereocenters. The lowest BCUT2D eigenvalue weighted by molar-refractivity contribution is 0.0946.